The summed E-state index contributed by atoms with van der Waals surface area (Å²) in [5.74, 6) is 0. The van der Waals surface area contributed by atoms with Gasteiger partial charge >= 0.3 is 6.03 Å². The molecule has 0 aliphatic heterocycles. The van der Waals surface area contributed by atoms with Gasteiger partial charge in [-0.3, -0.25) is 9.88 Å². The molecule has 0 atom stereocenters. The number of anilines is 1. The van der Waals surface area contributed by atoms with E-state index >= 15 is 0 Å². The number of hydrogen-bond donors (Lipinski definition) is 1. The maximum absolute atomic E-state index is 12.0. The predicted molar refractivity (Wildman–Crippen MR) is 92.0 cm³/mol. The van der Waals surface area contributed by atoms with E-state index in [9.17, 15) is 4.79 Å². The van der Waals surface area contributed by atoms with Crippen LogP contribution in [0.15, 0.2) is 24.1 Å². The number of nitrogens with one attached hydrogen (secondary N) is 1. The molecule has 1 N–H and O–H groups in total. The molecule has 3 aromatic rings. The van der Waals surface area contributed by atoms with E-state index in [1.54, 1.807) is 23.7 Å². The van der Waals surface area contributed by atoms with Gasteiger partial charge in [0.15, 0.2) is 5.13 Å². The Kier molecular flexibility index (Phi) is 4.51. The third-order valence-electron chi connectivity index (χ3n) is 2.99. The normalized spacial score (nSPS) is 11.1. The van der Waals surface area contributed by atoms with Crippen LogP contribution in [0.3, 0.4) is 0 Å². The molecule has 1 amide bonds. The topological polar surface area (TPSA) is 75.9 Å². The van der Waals surface area contributed by atoms with Crippen molar-refractivity contribution in [3.05, 3.63) is 34.8 Å². The zero-order valence-electron chi connectivity index (χ0n) is 13.0. The van der Waals surface area contributed by atoms with Crippen molar-refractivity contribution in [1.29, 1.82) is 0 Å². The van der Waals surface area contributed by atoms with Crippen LogP contribution in [0.1, 0.15) is 10.7 Å². The number of hydrogen-bond acceptors (Lipinski definition) is 7. The quantitative estimate of drug-likeness (QED) is 0.784. The van der Waals surface area contributed by atoms with E-state index in [1.165, 1.54) is 22.2 Å². The summed E-state index contributed by atoms with van der Waals surface area (Å²) in [6.07, 6.45) is 4.59. The second kappa shape index (κ2) is 6.57. The molecule has 3 heterocycles. The maximum Gasteiger partial charge on any atom is 0.333 e. The molecule has 0 radical (unpaired) electrons. The van der Waals surface area contributed by atoms with Crippen LogP contribution in [0.25, 0.3) is 10.6 Å². The van der Waals surface area contributed by atoms with E-state index < -0.39 is 0 Å². The summed E-state index contributed by atoms with van der Waals surface area (Å²) in [5.41, 5.74) is 1.77. The Bertz CT molecular complexity index is 805. The molecular formula is C14H16N6OS2. The molecule has 0 aromatic carbocycles. The summed E-state index contributed by atoms with van der Waals surface area (Å²) in [6.45, 7) is 2.73. The van der Waals surface area contributed by atoms with Crippen molar-refractivity contribution in [2.45, 2.75) is 13.5 Å². The molecule has 0 aliphatic carbocycles. The van der Waals surface area contributed by atoms with Crippen LogP contribution >= 0.6 is 22.7 Å². The first-order valence-electron chi connectivity index (χ1n) is 6.89. The lowest BCUT2D eigenvalue weighted by Crippen LogP contribution is -2.17. The summed E-state index contributed by atoms with van der Waals surface area (Å²) >= 11 is 3.05. The molecule has 0 bridgehead atoms. The highest BCUT2D eigenvalue weighted by atomic mass is 32.1. The second-order valence-corrected chi connectivity index (χ2v) is 7.14. The molecule has 0 saturated heterocycles. The van der Waals surface area contributed by atoms with Crippen LogP contribution in [-0.2, 0) is 6.54 Å². The van der Waals surface area contributed by atoms with Crippen LogP contribution in [0, 0.1) is 6.92 Å². The van der Waals surface area contributed by atoms with Crippen molar-refractivity contribution in [1.82, 2.24) is 24.4 Å². The van der Waals surface area contributed by atoms with E-state index in [0.717, 1.165) is 27.8 Å². The third-order valence-corrected chi connectivity index (χ3v) is 4.91. The number of aromatic nitrogens is 4. The van der Waals surface area contributed by atoms with Gasteiger partial charge in [0.25, 0.3) is 0 Å². The Balaban J connectivity index is 1.78. The predicted octanol–water partition coefficient (Wildman–Crippen LogP) is 2.91. The number of nitrogens with zero attached hydrogens (tertiary/aromatic N) is 5. The SMILES string of the molecule is Cc1nc(NC(=O)n2ccnc2)sc1-c1csc(CN(C)C)n1. The third kappa shape index (κ3) is 3.63. The first kappa shape index (κ1) is 15.8. The molecule has 23 heavy (non-hydrogen) atoms. The lowest BCUT2D eigenvalue weighted by atomic mass is 10.3. The van der Waals surface area contributed by atoms with Crippen molar-refractivity contribution in [2.75, 3.05) is 19.4 Å². The van der Waals surface area contributed by atoms with Crippen molar-refractivity contribution < 1.29 is 4.79 Å². The second-order valence-electron chi connectivity index (χ2n) is 5.20. The van der Waals surface area contributed by atoms with Crippen LogP contribution in [0.2, 0.25) is 0 Å². The van der Waals surface area contributed by atoms with Gasteiger partial charge in [-0.25, -0.2) is 19.7 Å². The summed E-state index contributed by atoms with van der Waals surface area (Å²) in [4.78, 5) is 28.0. The maximum atomic E-state index is 12.0. The molecule has 0 spiro atoms. The fourth-order valence-corrected chi connectivity index (χ4v) is 3.87. The number of carbonyl (C=O) groups excluding carboxylic acids is 1. The summed E-state index contributed by atoms with van der Waals surface area (Å²) in [7, 11) is 4.03. The zero-order valence-corrected chi connectivity index (χ0v) is 14.6. The molecule has 7 nitrogen and oxygen atoms in total. The van der Waals surface area contributed by atoms with Gasteiger partial charge in [-0.05, 0) is 21.0 Å². The zero-order chi connectivity index (χ0) is 16.4. The van der Waals surface area contributed by atoms with E-state index in [2.05, 4.69) is 25.2 Å². The van der Waals surface area contributed by atoms with E-state index in [-0.39, 0.29) is 6.03 Å². The number of carbonyl (C=O) groups is 1. The first-order valence-corrected chi connectivity index (χ1v) is 8.59. The van der Waals surface area contributed by atoms with Gasteiger partial charge in [-0.15, -0.1) is 11.3 Å². The largest absolute Gasteiger partial charge is 0.333 e. The molecule has 0 saturated carbocycles. The van der Waals surface area contributed by atoms with Crippen LogP contribution < -0.4 is 5.32 Å². The minimum Gasteiger partial charge on any atom is -0.303 e. The molecule has 120 valence electrons. The molecule has 9 heteroatoms. The minimum absolute atomic E-state index is 0.283. The Morgan fingerprint density at radius 2 is 2.22 bits per heavy atom. The number of aryl methyl sites for hydroxylation is 1. The fraction of sp³-hybridized carbons (Fsp3) is 0.286. The van der Waals surface area contributed by atoms with Gasteiger partial charge in [0.2, 0.25) is 0 Å². The Morgan fingerprint density at radius 3 is 2.91 bits per heavy atom. The van der Waals surface area contributed by atoms with Gasteiger partial charge in [-0.1, -0.05) is 11.3 Å². The van der Waals surface area contributed by atoms with Gasteiger partial charge < -0.3 is 4.90 Å². The molecule has 3 rings (SSSR count). The van der Waals surface area contributed by atoms with E-state index in [1.807, 2.05) is 26.4 Å². The highest BCUT2D eigenvalue weighted by molar-refractivity contribution is 7.19. The monoisotopic (exact) mass is 348 g/mol. The number of imidazole rings is 1. The van der Waals surface area contributed by atoms with Gasteiger partial charge in [0, 0.05) is 24.3 Å². The van der Waals surface area contributed by atoms with Crippen molar-refractivity contribution in [2.24, 2.45) is 0 Å². The average Bonchev–Trinajstić information content (AvgIpc) is 3.19. The number of thiazole rings is 2. The first-order chi connectivity index (χ1) is 11.0. The van der Waals surface area contributed by atoms with Crippen molar-refractivity contribution in [3.63, 3.8) is 0 Å². The minimum atomic E-state index is -0.283. The summed E-state index contributed by atoms with van der Waals surface area (Å²) < 4.78 is 1.37. The van der Waals surface area contributed by atoms with Gasteiger partial charge in [0.1, 0.15) is 11.3 Å². The number of rotatable bonds is 4. The van der Waals surface area contributed by atoms with Gasteiger partial charge in [-0.2, -0.15) is 0 Å². The highest BCUT2D eigenvalue weighted by Gasteiger charge is 2.15. The fourth-order valence-electron chi connectivity index (χ4n) is 1.98. The Hall–Kier alpha value is -2.10. The molecule has 3 aromatic heterocycles. The standard InChI is InChI=1S/C14H16N6OS2/c1-9-12(10-7-22-11(17-10)6-19(2)3)23-13(16-9)18-14(21)20-5-4-15-8-20/h4-5,7-8H,6H2,1-3H3,(H,16,18,21). The van der Waals surface area contributed by atoms with E-state index in [4.69, 9.17) is 0 Å². The molecule has 0 aliphatic rings. The smallest absolute Gasteiger partial charge is 0.303 e. The van der Waals surface area contributed by atoms with Crippen molar-refractivity contribution in [3.8, 4) is 10.6 Å². The lowest BCUT2D eigenvalue weighted by molar-refractivity contribution is 0.253. The summed E-state index contributed by atoms with van der Waals surface area (Å²) in [5, 5.41) is 6.41. The van der Waals surface area contributed by atoms with E-state index in [0.29, 0.717) is 5.13 Å². The Labute approximate surface area is 141 Å². The van der Waals surface area contributed by atoms with Crippen LogP contribution in [0.4, 0.5) is 9.93 Å². The Morgan fingerprint density at radius 1 is 1.39 bits per heavy atom. The highest BCUT2D eigenvalue weighted by Crippen LogP contribution is 2.33. The summed E-state index contributed by atoms with van der Waals surface area (Å²) in [6, 6.07) is -0.283. The average molecular weight is 348 g/mol. The number of amides is 1. The van der Waals surface area contributed by atoms with Crippen molar-refractivity contribution >= 4 is 33.8 Å². The van der Waals surface area contributed by atoms with Crippen LogP contribution in [-0.4, -0.2) is 44.5 Å². The van der Waals surface area contributed by atoms with Crippen LogP contribution in [0.5, 0.6) is 0 Å². The molecular weight excluding hydrogens is 332 g/mol. The lowest BCUT2D eigenvalue weighted by Gasteiger charge is -2.04. The van der Waals surface area contributed by atoms with Gasteiger partial charge in [0.05, 0.1) is 16.3 Å². The molecule has 0 unspecified atom stereocenters. The molecule has 0 fully saturated rings.